The molecule has 0 bridgehead atoms. The second-order valence-corrected chi connectivity index (χ2v) is 6.10. The minimum atomic E-state index is -1.54. The van der Waals surface area contributed by atoms with Crippen molar-refractivity contribution in [1.29, 1.82) is 0 Å². The number of esters is 2. The molecule has 0 N–H and O–H groups in total. The van der Waals surface area contributed by atoms with Crippen LogP contribution in [0.1, 0.15) is 26.3 Å². The maximum absolute atomic E-state index is 12.5. The normalized spacial score (nSPS) is 29.9. The third-order valence-corrected chi connectivity index (χ3v) is 4.61. The van der Waals surface area contributed by atoms with Crippen LogP contribution in [0, 0.1) is 5.41 Å². The lowest BCUT2D eigenvalue weighted by Crippen LogP contribution is -2.43. The Labute approximate surface area is 128 Å². The van der Waals surface area contributed by atoms with Crippen LogP contribution in [0.25, 0.3) is 0 Å². The fraction of sp³-hybridized carbons (Fsp3) is 0.412. The molecule has 1 aromatic rings. The first kappa shape index (κ1) is 14.8. The number of benzene rings is 1. The van der Waals surface area contributed by atoms with Gasteiger partial charge in [0.15, 0.2) is 0 Å². The van der Waals surface area contributed by atoms with Crippen molar-refractivity contribution in [3.8, 4) is 0 Å². The lowest BCUT2D eigenvalue weighted by Gasteiger charge is -2.37. The second kappa shape index (κ2) is 4.68. The topological polar surface area (TPSA) is 61.8 Å². The number of hydrogen-bond donors (Lipinski definition) is 0. The standard InChI is InChI=1S/C17H18O5/c1-10-16(2,3)12-13(14(18)21-10)17(20-4,22-15(12)19)11-8-6-5-7-9-11/h5-10H,1-4H3/t10-,17+/m1/s1. The van der Waals surface area contributed by atoms with E-state index in [9.17, 15) is 9.59 Å². The van der Waals surface area contributed by atoms with Crippen molar-refractivity contribution in [2.24, 2.45) is 5.41 Å². The van der Waals surface area contributed by atoms with Crippen LogP contribution in [0.5, 0.6) is 0 Å². The van der Waals surface area contributed by atoms with Crippen LogP contribution in [0.15, 0.2) is 41.5 Å². The lowest BCUT2D eigenvalue weighted by molar-refractivity contribution is -0.200. The molecule has 0 unspecified atom stereocenters. The third kappa shape index (κ3) is 1.75. The van der Waals surface area contributed by atoms with Gasteiger partial charge in [-0.15, -0.1) is 0 Å². The molecule has 0 amide bonds. The summed E-state index contributed by atoms with van der Waals surface area (Å²) in [4.78, 5) is 25.0. The summed E-state index contributed by atoms with van der Waals surface area (Å²) in [6.45, 7) is 5.49. The summed E-state index contributed by atoms with van der Waals surface area (Å²) in [5.74, 6) is -2.64. The van der Waals surface area contributed by atoms with Crippen LogP contribution in [0.4, 0.5) is 0 Å². The van der Waals surface area contributed by atoms with E-state index in [-0.39, 0.29) is 5.57 Å². The number of carbonyl (C=O) groups excluding carboxylic acids is 2. The van der Waals surface area contributed by atoms with Crippen molar-refractivity contribution in [3.05, 3.63) is 47.0 Å². The summed E-state index contributed by atoms with van der Waals surface area (Å²) in [5, 5.41) is 0. The molecule has 116 valence electrons. The Kier molecular flexibility index (Phi) is 3.14. The smallest absolute Gasteiger partial charge is 0.342 e. The van der Waals surface area contributed by atoms with Gasteiger partial charge in [0.25, 0.3) is 5.79 Å². The molecule has 2 atom stereocenters. The van der Waals surface area contributed by atoms with Gasteiger partial charge in [0.1, 0.15) is 11.7 Å². The Morgan fingerprint density at radius 2 is 1.68 bits per heavy atom. The highest BCUT2D eigenvalue weighted by atomic mass is 16.7. The Hall–Kier alpha value is -2.14. The molecule has 1 aromatic carbocycles. The molecular weight excluding hydrogens is 284 g/mol. The monoisotopic (exact) mass is 302 g/mol. The largest absolute Gasteiger partial charge is 0.458 e. The van der Waals surface area contributed by atoms with Crippen molar-refractivity contribution >= 4 is 11.9 Å². The molecule has 5 heteroatoms. The minimum absolute atomic E-state index is 0.148. The van der Waals surface area contributed by atoms with Crippen molar-refractivity contribution < 1.29 is 23.8 Å². The fourth-order valence-corrected chi connectivity index (χ4v) is 3.01. The molecule has 0 spiro atoms. The molecule has 2 aliphatic rings. The highest BCUT2D eigenvalue weighted by molar-refractivity contribution is 6.07. The maximum Gasteiger partial charge on any atom is 0.342 e. The molecule has 5 nitrogen and oxygen atoms in total. The Morgan fingerprint density at radius 3 is 2.27 bits per heavy atom. The Balaban J connectivity index is 2.28. The first-order valence-electron chi connectivity index (χ1n) is 7.15. The van der Waals surface area contributed by atoms with E-state index in [1.807, 2.05) is 19.9 Å². The van der Waals surface area contributed by atoms with Crippen LogP contribution in [0.2, 0.25) is 0 Å². The van der Waals surface area contributed by atoms with Crippen molar-refractivity contribution in [2.75, 3.05) is 7.11 Å². The van der Waals surface area contributed by atoms with Crippen molar-refractivity contribution in [3.63, 3.8) is 0 Å². The molecule has 0 saturated carbocycles. The summed E-state index contributed by atoms with van der Waals surface area (Å²) >= 11 is 0. The van der Waals surface area contributed by atoms with E-state index in [2.05, 4.69) is 0 Å². The summed E-state index contributed by atoms with van der Waals surface area (Å²) in [6.07, 6.45) is -0.422. The second-order valence-electron chi connectivity index (χ2n) is 6.10. The van der Waals surface area contributed by atoms with Crippen molar-refractivity contribution in [1.82, 2.24) is 0 Å². The van der Waals surface area contributed by atoms with E-state index in [0.717, 1.165) is 0 Å². The van der Waals surface area contributed by atoms with Gasteiger partial charge in [-0.25, -0.2) is 9.59 Å². The predicted molar refractivity (Wildman–Crippen MR) is 77.6 cm³/mol. The zero-order valence-corrected chi connectivity index (χ0v) is 13.0. The van der Waals surface area contributed by atoms with E-state index < -0.39 is 29.2 Å². The Bertz CT molecular complexity index is 674. The average molecular weight is 302 g/mol. The predicted octanol–water partition coefficient (Wildman–Crippen LogP) is 2.31. The molecule has 2 aliphatic heterocycles. The zero-order valence-electron chi connectivity index (χ0n) is 13.0. The van der Waals surface area contributed by atoms with E-state index in [1.165, 1.54) is 7.11 Å². The number of carbonyl (C=O) groups is 2. The van der Waals surface area contributed by atoms with Crippen LogP contribution in [-0.2, 0) is 29.6 Å². The molecule has 0 radical (unpaired) electrons. The number of methoxy groups -OCH3 is 1. The van der Waals surface area contributed by atoms with Crippen LogP contribution in [0.3, 0.4) is 0 Å². The van der Waals surface area contributed by atoms with Crippen molar-refractivity contribution in [2.45, 2.75) is 32.7 Å². The lowest BCUT2D eigenvalue weighted by atomic mass is 9.74. The Morgan fingerprint density at radius 1 is 1.05 bits per heavy atom. The quantitative estimate of drug-likeness (QED) is 0.785. The number of ether oxygens (including phenoxy) is 3. The van der Waals surface area contributed by atoms with Gasteiger partial charge in [-0.1, -0.05) is 44.2 Å². The number of hydrogen-bond acceptors (Lipinski definition) is 5. The first-order chi connectivity index (χ1) is 10.3. The van der Waals surface area contributed by atoms with Gasteiger partial charge in [0.2, 0.25) is 0 Å². The number of rotatable bonds is 2. The van der Waals surface area contributed by atoms with E-state index in [4.69, 9.17) is 14.2 Å². The summed E-state index contributed by atoms with van der Waals surface area (Å²) in [7, 11) is 1.41. The highest BCUT2D eigenvalue weighted by Gasteiger charge is 2.60. The molecule has 2 heterocycles. The summed E-state index contributed by atoms with van der Waals surface area (Å²) < 4.78 is 16.5. The van der Waals surface area contributed by atoms with E-state index >= 15 is 0 Å². The average Bonchev–Trinajstić information content (AvgIpc) is 2.81. The van der Waals surface area contributed by atoms with Gasteiger partial charge in [-0.2, -0.15) is 0 Å². The van der Waals surface area contributed by atoms with Gasteiger partial charge >= 0.3 is 11.9 Å². The van der Waals surface area contributed by atoms with Gasteiger partial charge in [-0.3, -0.25) is 0 Å². The fourth-order valence-electron chi connectivity index (χ4n) is 3.01. The molecule has 0 aliphatic carbocycles. The highest BCUT2D eigenvalue weighted by Crippen LogP contribution is 2.51. The van der Waals surface area contributed by atoms with Crippen LogP contribution >= 0.6 is 0 Å². The maximum atomic E-state index is 12.5. The molecule has 0 fully saturated rings. The van der Waals surface area contributed by atoms with Crippen LogP contribution < -0.4 is 0 Å². The molecule has 3 rings (SSSR count). The van der Waals surface area contributed by atoms with Gasteiger partial charge in [-0.05, 0) is 6.92 Å². The molecule has 0 aromatic heterocycles. The molecular formula is C17H18O5. The zero-order chi connectivity index (χ0) is 16.1. The first-order valence-corrected chi connectivity index (χ1v) is 7.15. The minimum Gasteiger partial charge on any atom is -0.458 e. The molecule has 0 saturated heterocycles. The summed E-state index contributed by atoms with van der Waals surface area (Å²) in [5.41, 5.74) is 0.421. The van der Waals surface area contributed by atoms with Gasteiger partial charge in [0.05, 0.1) is 5.57 Å². The van der Waals surface area contributed by atoms with Gasteiger partial charge in [0, 0.05) is 18.1 Å². The SMILES string of the molecule is CO[C@@]1(c2ccccc2)OC(=O)C2=C1C(=O)O[C@H](C)C2(C)C. The van der Waals surface area contributed by atoms with Gasteiger partial charge < -0.3 is 14.2 Å². The number of cyclic esters (lactones) is 2. The molecule has 22 heavy (non-hydrogen) atoms. The van der Waals surface area contributed by atoms with E-state index in [1.54, 1.807) is 31.2 Å². The third-order valence-electron chi connectivity index (χ3n) is 4.61. The van der Waals surface area contributed by atoms with Crippen LogP contribution in [-0.4, -0.2) is 25.2 Å². The van der Waals surface area contributed by atoms with E-state index in [0.29, 0.717) is 11.1 Å². The summed E-state index contributed by atoms with van der Waals surface area (Å²) in [6, 6.07) is 8.94.